The van der Waals surface area contributed by atoms with Gasteiger partial charge in [-0.2, -0.15) is 0 Å². The van der Waals surface area contributed by atoms with Crippen molar-refractivity contribution in [2.45, 2.75) is 25.9 Å². The molecule has 1 aliphatic rings. The molecule has 0 radical (unpaired) electrons. The lowest BCUT2D eigenvalue weighted by molar-refractivity contribution is -0.124. The van der Waals surface area contributed by atoms with Crippen molar-refractivity contribution in [3.63, 3.8) is 0 Å². The third-order valence-electron chi connectivity index (χ3n) is 5.23. The fourth-order valence-corrected chi connectivity index (χ4v) is 3.54. The van der Waals surface area contributed by atoms with Gasteiger partial charge in [0, 0.05) is 11.8 Å². The summed E-state index contributed by atoms with van der Waals surface area (Å²) in [7, 11) is 0. The number of rotatable bonds is 5. The minimum atomic E-state index is -1.39. The van der Waals surface area contributed by atoms with Gasteiger partial charge >= 0.3 is 6.03 Å². The summed E-state index contributed by atoms with van der Waals surface area (Å²) in [6, 6.07) is 17.4. The average molecular weight is 403 g/mol. The number of para-hydroxylation sites is 1. The van der Waals surface area contributed by atoms with Gasteiger partial charge in [-0.15, -0.1) is 0 Å². The molecule has 0 spiro atoms. The summed E-state index contributed by atoms with van der Waals surface area (Å²) in [5, 5.41) is 4.99. The van der Waals surface area contributed by atoms with Crippen molar-refractivity contribution in [1.29, 1.82) is 0 Å². The topological polar surface area (TPSA) is 89.4 Å². The number of nitrogens with zero attached hydrogens (tertiary/aromatic N) is 1. The summed E-state index contributed by atoms with van der Waals surface area (Å²) in [5.74, 6) is 0.826. The number of carbonyl (C=O) groups is 2. The Bertz CT molecular complexity index is 1180. The Kier molecular flexibility index (Phi) is 4.87. The fraction of sp³-hybridized carbons (Fsp3) is 0.174. The Morgan fingerprint density at radius 2 is 1.60 bits per heavy atom. The first-order valence-corrected chi connectivity index (χ1v) is 9.53. The summed E-state index contributed by atoms with van der Waals surface area (Å²) in [4.78, 5) is 37.3. The number of hydrogen-bond acceptors (Lipinski definition) is 4. The highest BCUT2D eigenvalue weighted by atomic mass is 16.5. The Morgan fingerprint density at radius 3 is 2.27 bits per heavy atom. The molecule has 0 bridgehead atoms. The maximum absolute atomic E-state index is 12.8. The highest BCUT2D eigenvalue weighted by Gasteiger charge is 2.48. The van der Waals surface area contributed by atoms with Gasteiger partial charge in [0.05, 0.1) is 6.54 Å². The van der Waals surface area contributed by atoms with Crippen LogP contribution in [0.1, 0.15) is 16.7 Å². The summed E-state index contributed by atoms with van der Waals surface area (Å²) in [6.07, 6.45) is 1.60. The number of carbonyl (C=O) groups excluding carboxylic acids is 2. The number of aryl methyl sites for hydroxylation is 2. The molecule has 4 rings (SSSR count). The second kappa shape index (κ2) is 7.51. The van der Waals surface area contributed by atoms with Crippen molar-refractivity contribution in [3.8, 4) is 11.5 Å². The molecule has 7 nitrogen and oxygen atoms in total. The summed E-state index contributed by atoms with van der Waals surface area (Å²) in [5.41, 5.74) is 0.496. The molecule has 0 saturated carbocycles. The standard InChI is InChI=1S/C23H21N3O4/c1-15-6-3-4-8-19(15)30-18-11-9-17(10-12-18)23(21(28)24-22(29)25-23)14-26-13-5-7-16(2)20(26)27/h3-13H,14H2,1-2H3,(H2,24,25,28,29). The minimum absolute atomic E-state index is 0.0247. The monoisotopic (exact) mass is 403 g/mol. The van der Waals surface area contributed by atoms with Crippen LogP contribution in [0.25, 0.3) is 0 Å². The summed E-state index contributed by atoms with van der Waals surface area (Å²) in [6.45, 7) is 3.64. The van der Waals surface area contributed by atoms with E-state index in [-0.39, 0.29) is 12.1 Å². The lowest BCUT2D eigenvalue weighted by Gasteiger charge is -2.27. The van der Waals surface area contributed by atoms with Crippen LogP contribution in [0.5, 0.6) is 11.5 Å². The lowest BCUT2D eigenvalue weighted by Crippen LogP contribution is -2.49. The maximum Gasteiger partial charge on any atom is 0.322 e. The molecule has 3 aromatic rings. The van der Waals surface area contributed by atoms with E-state index in [9.17, 15) is 14.4 Å². The van der Waals surface area contributed by atoms with Crippen molar-refractivity contribution in [2.24, 2.45) is 0 Å². The van der Waals surface area contributed by atoms with Gasteiger partial charge in [0.15, 0.2) is 5.54 Å². The fourth-order valence-electron chi connectivity index (χ4n) is 3.54. The molecule has 3 amide bonds. The van der Waals surface area contributed by atoms with Crippen molar-refractivity contribution in [2.75, 3.05) is 0 Å². The molecule has 1 atom stereocenters. The number of amides is 3. The molecule has 2 heterocycles. The largest absolute Gasteiger partial charge is 0.457 e. The van der Waals surface area contributed by atoms with Gasteiger partial charge in [-0.05, 0) is 49.2 Å². The predicted molar refractivity (Wildman–Crippen MR) is 111 cm³/mol. The van der Waals surface area contributed by atoms with E-state index in [1.807, 2.05) is 31.2 Å². The molecule has 1 unspecified atom stereocenters. The van der Waals surface area contributed by atoms with Crippen molar-refractivity contribution in [3.05, 3.63) is 93.9 Å². The zero-order valence-electron chi connectivity index (χ0n) is 16.6. The van der Waals surface area contributed by atoms with Gasteiger partial charge in [-0.3, -0.25) is 14.9 Å². The van der Waals surface area contributed by atoms with Crippen LogP contribution in [-0.2, 0) is 16.9 Å². The highest BCUT2D eigenvalue weighted by molar-refractivity contribution is 6.07. The van der Waals surface area contributed by atoms with E-state index >= 15 is 0 Å². The van der Waals surface area contributed by atoms with Gasteiger partial charge in [0.1, 0.15) is 11.5 Å². The Hall–Kier alpha value is -3.87. The molecule has 152 valence electrons. The van der Waals surface area contributed by atoms with Crippen LogP contribution in [0.2, 0.25) is 0 Å². The second-order valence-electron chi connectivity index (χ2n) is 7.33. The molecular weight excluding hydrogens is 382 g/mol. The van der Waals surface area contributed by atoms with Crippen LogP contribution in [0, 0.1) is 13.8 Å². The van der Waals surface area contributed by atoms with Crippen LogP contribution >= 0.6 is 0 Å². The normalized spacial score (nSPS) is 18.1. The molecule has 2 aromatic carbocycles. The van der Waals surface area contributed by atoms with Crippen LogP contribution < -0.4 is 20.9 Å². The van der Waals surface area contributed by atoms with Crippen LogP contribution in [0.4, 0.5) is 4.79 Å². The van der Waals surface area contributed by atoms with E-state index < -0.39 is 17.5 Å². The summed E-state index contributed by atoms with van der Waals surface area (Å²) >= 11 is 0. The number of ether oxygens (including phenoxy) is 1. The molecule has 0 aliphatic carbocycles. The summed E-state index contributed by atoms with van der Waals surface area (Å²) < 4.78 is 7.35. The quantitative estimate of drug-likeness (QED) is 0.641. The number of urea groups is 1. The molecular formula is C23H21N3O4. The Labute approximate surface area is 173 Å². The van der Waals surface area contributed by atoms with Crippen LogP contribution in [-0.4, -0.2) is 16.5 Å². The van der Waals surface area contributed by atoms with E-state index in [1.54, 1.807) is 49.5 Å². The first kappa shape index (κ1) is 19.4. The van der Waals surface area contributed by atoms with Gasteiger partial charge in [0.25, 0.3) is 11.5 Å². The minimum Gasteiger partial charge on any atom is -0.457 e. The lowest BCUT2D eigenvalue weighted by atomic mass is 9.89. The van der Waals surface area contributed by atoms with Gasteiger partial charge < -0.3 is 14.6 Å². The first-order valence-electron chi connectivity index (χ1n) is 9.53. The Balaban J connectivity index is 1.69. The number of imide groups is 1. The zero-order valence-corrected chi connectivity index (χ0v) is 16.6. The van der Waals surface area contributed by atoms with Crippen LogP contribution in [0.15, 0.2) is 71.7 Å². The first-order chi connectivity index (χ1) is 14.4. The van der Waals surface area contributed by atoms with Gasteiger partial charge in [0.2, 0.25) is 0 Å². The molecule has 1 aromatic heterocycles. The van der Waals surface area contributed by atoms with Crippen molar-refractivity contribution in [1.82, 2.24) is 15.2 Å². The zero-order chi connectivity index (χ0) is 21.3. The van der Waals surface area contributed by atoms with E-state index in [0.29, 0.717) is 16.9 Å². The number of pyridine rings is 1. The Morgan fingerprint density at radius 1 is 0.900 bits per heavy atom. The van der Waals surface area contributed by atoms with Crippen molar-refractivity contribution < 1.29 is 14.3 Å². The smallest absolute Gasteiger partial charge is 0.322 e. The highest BCUT2D eigenvalue weighted by Crippen LogP contribution is 2.30. The number of hydrogen-bond donors (Lipinski definition) is 2. The molecule has 30 heavy (non-hydrogen) atoms. The predicted octanol–water partition coefficient (Wildman–Crippen LogP) is 2.99. The molecule has 1 aliphatic heterocycles. The maximum atomic E-state index is 12.8. The van der Waals surface area contributed by atoms with E-state index in [2.05, 4.69) is 10.6 Å². The SMILES string of the molecule is Cc1ccccc1Oc1ccc(C2(Cn3cccc(C)c3=O)NC(=O)NC2=O)cc1. The number of aromatic nitrogens is 1. The third-order valence-corrected chi connectivity index (χ3v) is 5.23. The van der Waals surface area contributed by atoms with E-state index in [0.717, 1.165) is 11.3 Å². The molecule has 1 saturated heterocycles. The van der Waals surface area contributed by atoms with E-state index in [1.165, 1.54) is 4.57 Å². The molecule has 7 heteroatoms. The molecule has 2 N–H and O–H groups in total. The molecule has 1 fully saturated rings. The average Bonchev–Trinajstić information content (AvgIpc) is 3.01. The van der Waals surface area contributed by atoms with Gasteiger partial charge in [-0.1, -0.05) is 36.4 Å². The number of nitrogens with one attached hydrogen (secondary N) is 2. The third kappa shape index (κ3) is 3.45. The number of benzene rings is 2. The van der Waals surface area contributed by atoms with Gasteiger partial charge in [-0.25, -0.2) is 4.79 Å². The van der Waals surface area contributed by atoms with Crippen LogP contribution in [0.3, 0.4) is 0 Å². The van der Waals surface area contributed by atoms with E-state index in [4.69, 9.17) is 4.74 Å². The second-order valence-corrected chi connectivity index (χ2v) is 7.33. The van der Waals surface area contributed by atoms with Crippen molar-refractivity contribution >= 4 is 11.9 Å².